The van der Waals surface area contributed by atoms with Crippen LogP contribution in [0.1, 0.15) is 30.1 Å². The lowest BCUT2D eigenvalue weighted by atomic mass is 10.1. The van der Waals surface area contributed by atoms with E-state index < -0.39 is 0 Å². The number of nitrogens with one attached hydrogen (secondary N) is 2. The Morgan fingerprint density at radius 3 is 2.78 bits per heavy atom. The third-order valence-electron chi connectivity index (χ3n) is 3.68. The van der Waals surface area contributed by atoms with Gasteiger partial charge in [0.15, 0.2) is 0 Å². The molecule has 0 aliphatic carbocycles. The van der Waals surface area contributed by atoms with Crippen molar-refractivity contribution in [2.75, 3.05) is 44.7 Å². The number of morpholine rings is 1. The molecule has 1 saturated heterocycles. The number of hydrogen-bond acceptors (Lipinski definition) is 4. The van der Waals surface area contributed by atoms with Crippen LogP contribution in [0.5, 0.6) is 0 Å². The van der Waals surface area contributed by atoms with Gasteiger partial charge in [-0.3, -0.25) is 9.59 Å². The molecule has 23 heavy (non-hydrogen) atoms. The number of nitrogens with zero attached hydrogens (tertiary/aromatic N) is 1. The number of anilines is 1. The fourth-order valence-corrected chi connectivity index (χ4v) is 2.39. The average molecular weight is 319 g/mol. The molecule has 0 spiro atoms. The first kappa shape index (κ1) is 17.4. The van der Waals surface area contributed by atoms with Gasteiger partial charge in [-0.15, -0.1) is 0 Å². The minimum absolute atomic E-state index is 0.0227. The third kappa shape index (κ3) is 5.65. The summed E-state index contributed by atoms with van der Waals surface area (Å²) >= 11 is 0. The zero-order valence-electron chi connectivity index (χ0n) is 13.6. The lowest BCUT2D eigenvalue weighted by Gasteiger charge is -2.27. The molecule has 6 heteroatoms. The molecule has 126 valence electrons. The first-order chi connectivity index (χ1) is 11.2. The second-order valence-corrected chi connectivity index (χ2v) is 5.56. The van der Waals surface area contributed by atoms with E-state index in [1.54, 1.807) is 29.2 Å². The molecule has 0 bridgehead atoms. The summed E-state index contributed by atoms with van der Waals surface area (Å²) in [5.74, 6) is -0.123. The monoisotopic (exact) mass is 319 g/mol. The number of hydrogen-bond donors (Lipinski definition) is 2. The smallest absolute Gasteiger partial charge is 0.254 e. The first-order valence-corrected chi connectivity index (χ1v) is 8.18. The van der Waals surface area contributed by atoms with Crippen molar-refractivity contribution in [3.8, 4) is 0 Å². The largest absolute Gasteiger partial charge is 0.378 e. The fourth-order valence-electron chi connectivity index (χ4n) is 2.39. The molecule has 0 radical (unpaired) electrons. The highest BCUT2D eigenvalue weighted by Gasteiger charge is 2.18. The molecule has 2 rings (SSSR count). The second kappa shape index (κ2) is 9.27. The summed E-state index contributed by atoms with van der Waals surface area (Å²) in [6, 6.07) is 7.07. The predicted octanol–water partition coefficient (Wildman–Crippen LogP) is 1.49. The zero-order valence-corrected chi connectivity index (χ0v) is 13.6. The summed E-state index contributed by atoms with van der Waals surface area (Å²) in [6.07, 6.45) is 2.15. The highest BCUT2D eigenvalue weighted by atomic mass is 16.5. The van der Waals surface area contributed by atoms with Crippen LogP contribution in [-0.4, -0.2) is 56.1 Å². The summed E-state index contributed by atoms with van der Waals surface area (Å²) in [6.45, 7) is 5.59. The maximum atomic E-state index is 12.4. The number of amides is 2. The molecule has 0 atom stereocenters. The van der Waals surface area contributed by atoms with Gasteiger partial charge >= 0.3 is 0 Å². The zero-order chi connectivity index (χ0) is 16.5. The van der Waals surface area contributed by atoms with Crippen LogP contribution >= 0.6 is 0 Å². The van der Waals surface area contributed by atoms with Gasteiger partial charge in [0, 0.05) is 24.3 Å². The molecular formula is C17H25N3O3. The molecule has 1 aromatic carbocycles. The van der Waals surface area contributed by atoms with Crippen LogP contribution in [0.3, 0.4) is 0 Å². The van der Waals surface area contributed by atoms with Crippen LogP contribution in [0.2, 0.25) is 0 Å². The Balaban J connectivity index is 1.88. The van der Waals surface area contributed by atoms with Crippen molar-refractivity contribution < 1.29 is 14.3 Å². The van der Waals surface area contributed by atoms with Crippen LogP contribution in [-0.2, 0) is 9.53 Å². The lowest BCUT2D eigenvalue weighted by molar-refractivity contribution is -0.115. The molecule has 6 nitrogen and oxygen atoms in total. The quantitative estimate of drug-likeness (QED) is 0.747. The lowest BCUT2D eigenvalue weighted by Crippen LogP contribution is -2.40. The molecule has 0 aromatic heterocycles. The number of carbonyl (C=O) groups is 2. The second-order valence-electron chi connectivity index (χ2n) is 5.56. The fraction of sp³-hybridized carbons (Fsp3) is 0.529. The average Bonchev–Trinajstić information content (AvgIpc) is 2.59. The third-order valence-corrected chi connectivity index (χ3v) is 3.68. The van der Waals surface area contributed by atoms with Crippen LogP contribution in [0, 0.1) is 0 Å². The molecular weight excluding hydrogens is 294 g/mol. The Bertz CT molecular complexity index is 528. The number of rotatable bonds is 7. The van der Waals surface area contributed by atoms with Gasteiger partial charge in [-0.2, -0.15) is 0 Å². The minimum Gasteiger partial charge on any atom is -0.378 e. The number of benzene rings is 1. The van der Waals surface area contributed by atoms with Crippen molar-refractivity contribution in [2.45, 2.75) is 19.8 Å². The summed E-state index contributed by atoms with van der Waals surface area (Å²) in [5.41, 5.74) is 1.23. The summed E-state index contributed by atoms with van der Waals surface area (Å²) < 4.78 is 5.26. The van der Waals surface area contributed by atoms with Crippen molar-refractivity contribution in [2.24, 2.45) is 0 Å². The van der Waals surface area contributed by atoms with Crippen LogP contribution < -0.4 is 10.6 Å². The van der Waals surface area contributed by atoms with Crippen molar-refractivity contribution >= 4 is 17.5 Å². The molecule has 2 amide bonds. The van der Waals surface area contributed by atoms with E-state index in [1.165, 1.54) is 0 Å². The molecule has 2 N–H and O–H groups in total. The van der Waals surface area contributed by atoms with Crippen molar-refractivity contribution in [1.82, 2.24) is 10.2 Å². The topological polar surface area (TPSA) is 70.7 Å². The van der Waals surface area contributed by atoms with Crippen LogP contribution in [0.4, 0.5) is 5.69 Å². The van der Waals surface area contributed by atoms with Gasteiger partial charge in [-0.1, -0.05) is 19.4 Å². The van der Waals surface area contributed by atoms with E-state index in [1.807, 2.05) is 0 Å². The maximum absolute atomic E-state index is 12.4. The molecule has 1 aliphatic heterocycles. The molecule has 1 aromatic rings. The Hall–Kier alpha value is -1.92. The van der Waals surface area contributed by atoms with Gasteiger partial charge in [-0.25, -0.2) is 0 Å². The highest BCUT2D eigenvalue weighted by Crippen LogP contribution is 2.13. The Labute approximate surface area is 137 Å². The van der Waals surface area contributed by atoms with Crippen molar-refractivity contribution in [3.05, 3.63) is 29.8 Å². The molecule has 0 saturated carbocycles. The van der Waals surface area contributed by atoms with Gasteiger partial charge in [0.1, 0.15) is 0 Å². The minimum atomic E-state index is -0.0999. The molecule has 1 aliphatic rings. The summed E-state index contributed by atoms with van der Waals surface area (Å²) in [7, 11) is 0. The summed E-state index contributed by atoms with van der Waals surface area (Å²) in [4.78, 5) is 26.1. The number of unbranched alkanes of at least 4 members (excludes halogenated alkanes) is 1. The van der Waals surface area contributed by atoms with E-state index in [4.69, 9.17) is 4.74 Å². The Morgan fingerprint density at radius 2 is 2.04 bits per heavy atom. The SMILES string of the molecule is CCCCNCC(=O)Nc1cccc(C(=O)N2CCOCC2)c1. The normalized spacial score (nSPS) is 14.6. The van der Waals surface area contributed by atoms with E-state index in [9.17, 15) is 9.59 Å². The van der Waals surface area contributed by atoms with Crippen LogP contribution in [0.25, 0.3) is 0 Å². The molecule has 1 heterocycles. The standard InChI is InChI=1S/C17H25N3O3/c1-2-3-7-18-13-16(21)19-15-6-4-5-14(12-15)17(22)20-8-10-23-11-9-20/h4-6,12,18H,2-3,7-11,13H2,1H3,(H,19,21). The summed E-state index contributed by atoms with van der Waals surface area (Å²) in [5, 5.41) is 5.91. The van der Waals surface area contributed by atoms with Crippen molar-refractivity contribution in [3.63, 3.8) is 0 Å². The maximum Gasteiger partial charge on any atom is 0.254 e. The van der Waals surface area contributed by atoms with Gasteiger partial charge in [-0.05, 0) is 31.2 Å². The van der Waals surface area contributed by atoms with Gasteiger partial charge < -0.3 is 20.3 Å². The van der Waals surface area contributed by atoms with E-state index in [0.29, 0.717) is 37.6 Å². The van der Waals surface area contributed by atoms with Gasteiger partial charge in [0.2, 0.25) is 5.91 Å². The highest BCUT2D eigenvalue weighted by molar-refractivity contribution is 5.97. The van der Waals surface area contributed by atoms with Gasteiger partial charge in [0.25, 0.3) is 5.91 Å². The van der Waals surface area contributed by atoms with E-state index in [0.717, 1.165) is 19.4 Å². The van der Waals surface area contributed by atoms with Gasteiger partial charge in [0.05, 0.1) is 19.8 Å². The molecule has 1 fully saturated rings. The Morgan fingerprint density at radius 1 is 1.26 bits per heavy atom. The number of ether oxygens (including phenoxy) is 1. The van der Waals surface area contributed by atoms with Crippen LogP contribution in [0.15, 0.2) is 24.3 Å². The van der Waals surface area contributed by atoms with Crippen molar-refractivity contribution in [1.29, 1.82) is 0 Å². The number of carbonyl (C=O) groups excluding carboxylic acids is 2. The molecule has 0 unspecified atom stereocenters. The Kier molecular flexibility index (Phi) is 7.03. The van der Waals surface area contributed by atoms with E-state index in [-0.39, 0.29) is 18.4 Å². The first-order valence-electron chi connectivity index (χ1n) is 8.18. The van der Waals surface area contributed by atoms with E-state index in [2.05, 4.69) is 17.6 Å². The predicted molar refractivity (Wildman–Crippen MR) is 89.6 cm³/mol. The van der Waals surface area contributed by atoms with E-state index >= 15 is 0 Å².